The maximum Gasteiger partial charge on any atom is 0.229 e. The molecule has 1 heterocycles. The van der Waals surface area contributed by atoms with Gasteiger partial charge in [0.1, 0.15) is 5.01 Å². The molecule has 5 heteroatoms. The second kappa shape index (κ2) is 7.01. The summed E-state index contributed by atoms with van der Waals surface area (Å²) in [6.07, 6.45) is 5.54. The van der Waals surface area contributed by atoms with Crippen LogP contribution in [0.5, 0.6) is 0 Å². The average Bonchev–Trinajstić information content (AvgIpc) is 3.03. The van der Waals surface area contributed by atoms with Crippen molar-refractivity contribution in [1.82, 2.24) is 10.2 Å². The van der Waals surface area contributed by atoms with Crippen LogP contribution in [0.15, 0.2) is 24.3 Å². The normalized spacial score (nSPS) is 16.1. The number of rotatable bonds is 3. The molecule has 0 radical (unpaired) electrons. The highest BCUT2D eigenvalue weighted by atomic mass is 32.1. The number of amides is 1. The Morgan fingerprint density at radius 3 is 2.38 bits per heavy atom. The van der Waals surface area contributed by atoms with E-state index in [1.54, 1.807) is 0 Å². The van der Waals surface area contributed by atoms with E-state index in [4.69, 9.17) is 0 Å². The van der Waals surface area contributed by atoms with Crippen LogP contribution in [-0.2, 0) is 10.2 Å². The Labute approximate surface area is 147 Å². The highest BCUT2D eigenvalue weighted by Crippen LogP contribution is 2.30. The number of nitrogens with zero attached hydrogens (tertiary/aromatic N) is 2. The van der Waals surface area contributed by atoms with Gasteiger partial charge in [0.25, 0.3) is 0 Å². The van der Waals surface area contributed by atoms with Crippen LogP contribution in [0, 0.1) is 5.92 Å². The van der Waals surface area contributed by atoms with E-state index in [-0.39, 0.29) is 17.2 Å². The number of aromatic nitrogens is 2. The smallest absolute Gasteiger partial charge is 0.229 e. The fourth-order valence-corrected chi connectivity index (χ4v) is 3.83. The van der Waals surface area contributed by atoms with Gasteiger partial charge < -0.3 is 5.32 Å². The zero-order valence-corrected chi connectivity index (χ0v) is 15.4. The monoisotopic (exact) mass is 343 g/mol. The topological polar surface area (TPSA) is 54.9 Å². The molecule has 1 N–H and O–H groups in total. The molecule has 0 unspecified atom stereocenters. The quantitative estimate of drug-likeness (QED) is 0.851. The number of carbonyl (C=O) groups excluding carboxylic acids is 1. The van der Waals surface area contributed by atoms with Crippen molar-refractivity contribution in [3.8, 4) is 10.6 Å². The van der Waals surface area contributed by atoms with Crippen molar-refractivity contribution in [3.05, 3.63) is 29.8 Å². The van der Waals surface area contributed by atoms with Crippen molar-refractivity contribution in [2.24, 2.45) is 5.92 Å². The Hall–Kier alpha value is -1.75. The fourth-order valence-electron chi connectivity index (χ4n) is 3.08. The van der Waals surface area contributed by atoms with E-state index < -0.39 is 0 Å². The number of hydrogen-bond acceptors (Lipinski definition) is 4. The van der Waals surface area contributed by atoms with E-state index >= 15 is 0 Å². The van der Waals surface area contributed by atoms with Crippen LogP contribution in [-0.4, -0.2) is 16.1 Å². The number of benzene rings is 1. The maximum absolute atomic E-state index is 12.3. The molecule has 1 aromatic carbocycles. The zero-order valence-electron chi connectivity index (χ0n) is 14.6. The lowest BCUT2D eigenvalue weighted by atomic mass is 9.87. The van der Waals surface area contributed by atoms with E-state index in [9.17, 15) is 4.79 Å². The van der Waals surface area contributed by atoms with Gasteiger partial charge in [-0.3, -0.25) is 4.79 Å². The van der Waals surface area contributed by atoms with Gasteiger partial charge in [0.2, 0.25) is 11.0 Å². The molecule has 0 saturated heterocycles. The summed E-state index contributed by atoms with van der Waals surface area (Å²) in [6, 6.07) is 8.43. The number of anilines is 1. The Morgan fingerprint density at radius 2 is 1.75 bits per heavy atom. The summed E-state index contributed by atoms with van der Waals surface area (Å²) in [5.41, 5.74) is 2.47. The Morgan fingerprint density at radius 1 is 1.08 bits per heavy atom. The van der Waals surface area contributed by atoms with Crippen molar-refractivity contribution in [3.63, 3.8) is 0 Å². The third-order valence-corrected chi connectivity index (χ3v) is 5.52. The molecule has 1 saturated carbocycles. The predicted molar refractivity (Wildman–Crippen MR) is 99.2 cm³/mol. The summed E-state index contributed by atoms with van der Waals surface area (Å²) in [6.45, 7) is 6.60. The molecular formula is C19H25N3OS. The third-order valence-electron chi connectivity index (χ3n) is 4.63. The van der Waals surface area contributed by atoms with Crippen molar-refractivity contribution in [1.29, 1.82) is 0 Å². The van der Waals surface area contributed by atoms with Crippen LogP contribution in [0.25, 0.3) is 10.6 Å². The van der Waals surface area contributed by atoms with Crippen LogP contribution in [0.3, 0.4) is 0 Å². The molecule has 1 amide bonds. The predicted octanol–water partition coefficient (Wildman–Crippen LogP) is 5.02. The minimum absolute atomic E-state index is 0.0977. The second-order valence-electron chi connectivity index (χ2n) is 7.56. The Balaban J connectivity index is 1.67. The Kier molecular flexibility index (Phi) is 4.99. The fraction of sp³-hybridized carbons (Fsp3) is 0.526. The highest BCUT2D eigenvalue weighted by molar-refractivity contribution is 7.18. The van der Waals surface area contributed by atoms with Crippen molar-refractivity contribution < 1.29 is 4.79 Å². The molecule has 0 atom stereocenters. The molecule has 4 nitrogen and oxygen atoms in total. The molecule has 1 aliphatic rings. The van der Waals surface area contributed by atoms with Crippen LogP contribution < -0.4 is 5.32 Å². The minimum atomic E-state index is 0.0977. The van der Waals surface area contributed by atoms with Gasteiger partial charge in [-0.1, -0.05) is 75.6 Å². The number of nitrogens with one attached hydrogen (secondary N) is 1. The molecule has 3 rings (SSSR count). The second-order valence-corrected chi connectivity index (χ2v) is 8.54. The molecule has 0 aliphatic heterocycles. The van der Waals surface area contributed by atoms with E-state index in [2.05, 4.69) is 60.6 Å². The van der Waals surface area contributed by atoms with Crippen LogP contribution in [0.2, 0.25) is 0 Å². The average molecular weight is 343 g/mol. The van der Waals surface area contributed by atoms with Gasteiger partial charge in [0.15, 0.2) is 0 Å². The third kappa shape index (κ3) is 4.01. The first-order valence-corrected chi connectivity index (χ1v) is 9.50. The van der Waals surface area contributed by atoms with Gasteiger partial charge in [0, 0.05) is 11.5 Å². The molecule has 24 heavy (non-hydrogen) atoms. The SMILES string of the molecule is CC(C)(C)c1ccc(-c2nnc(NC(=O)C3CCCCC3)s2)cc1. The first-order valence-electron chi connectivity index (χ1n) is 8.69. The largest absolute Gasteiger partial charge is 0.300 e. The zero-order chi connectivity index (χ0) is 17.2. The standard InChI is InChI=1S/C19H25N3OS/c1-19(2,3)15-11-9-14(10-12-15)17-21-22-18(24-17)20-16(23)13-7-5-4-6-8-13/h9-13H,4-8H2,1-3H3,(H,20,22,23). The molecule has 1 aliphatic carbocycles. The summed E-state index contributed by atoms with van der Waals surface area (Å²) in [5.74, 6) is 0.234. The molecule has 2 aromatic rings. The van der Waals surface area contributed by atoms with Crippen molar-refractivity contribution in [2.75, 3.05) is 5.32 Å². The Bertz CT molecular complexity index is 694. The summed E-state index contributed by atoms with van der Waals surface area (Å²) >= 11 is 1.44. The van der Waals surface area contributed by atoms with Crippen LogP contribution in [0.1, 0.15) is 58.4 Å². The molecule has 1 fully saturated rings. The summed E-state index contributed by atoms with van der Waals surface area (Å²) in [7, 11) is 0. The van der Waals surface area contributed by atoms with E-state index in [1.807, 2.05) is 0 Å². The van der Waals surface area contributed by atoms with Crippen molar-refractivity contribution >= 4 is 22.4 Å². The molecule has 128 valence electrons. The number of carbonyl (C=O) groups is 1. The van der Waals surface area contributed by atoms with Crippen LogP contribution >= 0.6 is 11.3 Å². The van der Waals surface area contributed by atoms with E-state index in [0.717, 1.165) is 36.3 Å². The van der Waals surface area contributed by atoms with Gasteiger partial charge in [-0.2, -0.15) is 0 Å². The maximum atomic E-state index is 12.3. The first-order chi connectivity index (χ1) is 11.4. The van der Waals surface area contributed by atoms with Gasteiger partial charge >= 0.3 is 0 Å². The summed E-state index contributed by atoms with van der Waals surface area (Å²) in [5, 5.41) is 12.7. The highest BCUT2D eigenvalue weighted by Gasteiger charge is 2.22. The molecular weight excluding hydrogens is 318 g/mol. The minimum Gasteiger partial charge on any atom is -0.300 e. The van der Waals surface area contributed by atoms with E-state index in [0.29, 0.717) is 5.13 Å². The lowest BCUT2D eigenvalue weighted by Gasteiger charge is -2.19. The van der Waals surface area contributed by atoms with Gasteiger partial charge in [0.05, 0.1) is 0 Å². The van der Waals surface area contributed by atoms with Crippen LogP contribution in [0.4, 0.5) is 5.13 Å². The van der Waals surface area contributed by atoms with E-state index in [1.165, 1.54) is 23.3 Å². The summed E-state index contributed by atoms with van der Waals surface area (Å²) in [4.78, 5) is 12.3. The van der Waals surface area contributed by atoms with Crippen molar-refractivity contribution in [2.45, 2.75) is 58.3 Å². The number of hydrogen-bond donors (Lipinski definition) is 1. The summed E-state index contributed by atoms with van der Waals surface area (Å²) < 4.78 is 0. The van der Waals surface area contributed by atoms with Gasteiger partial charge in [-0.15, -0.1) is 10.2 Å². The molecule has 1 aromatic heterocycles. The molecule has 0 spiro atoms. The molecule has 0 bridgehead atoms. The first kappa shape index (κ1) is 17.1. The van der Waals surface area contributed by atoms with Gasteiger partial charge in [-0.05, 0) is 23.8 Å². The lowest BCUT2D eigenvalue weighted by molar-refractivity contribution is -0.120. The lowest BCUT2D eigenvalue weighted by Crippen LogP contribution is -2.24. The van der Waals surface area contributed by atoms with Gasteiger partial charge in [-0.25, -0.2) is 0 Å².